The number of hydrogen-bond acceptors (Lipinski definition) is 4. The molecule has 0 saturated carbocycles. The van der Waals surface area contributed by atoms with Crippen molar-refractivity contribution < 1.29 is 0 Å². The first-order chi connectivity index (χ1) is 8.72. The molecule has 3 aromatic rings. The lowest BCUT2D eigenvalue weighted by Crippen LogP contribution is -1.93. The van der Waals surface area contributed by atoms with Crippen LogP contribution in [0.15, 0.2) is 41.0 Å². The standard InChI is InChI=1S/C12H7BrClN3S/c13-8-5-7(14)6-15-11(8)17-12-16-9-3-1-2-4-10(9)18-12/h1-6H,(H,15,16,17). The molecule has 0 saturated heterocycles. The Bertz CT molecular complexity index is 680. The van der Waals surface area contributed by atoms with Gasteiger partial charge in [0.25, 0.3) is 0 Å². The summed E-state index contributed by atoms with van der Waals surface area (Å²) in [7, 11) is 0. The molecule has 0 bridgehead atoms. The topological polar surface area (TPSA) is 37.8 Å². The van der Waals surface area contributed by atoms with E-state index in [4.69, 9.17) is 11.6 Å². The van der Waals surface area contributed by atoms with Gasteiger partial charge in [-0.2, -0.15) is 0 Å². The number of nitrogens with zero attached hydrogens (tertiary/aromatic N) is 2. The molecule has 3 nitrogen and oxygen atoms in total. The third-order valence-electron chi connectivity index (χ3n) is 2.33. The number of benzene rings is 1. The van der Waals surface area contributed by atoms with Crippen LogP contribution in [0.3, 0.4) is 0 Å². The highest BCUT2D eigenvalue weighted by Crippen LogP contribution is 2.30. The molecular weight excluding hydrogens is 334 g/mol. The third-order valence-corrected chi connectivity index (χ3v) is 4.09. The van der Waals surface area contributed by atoms with Crippen LogP contribution in [-0.2, 0) is 0 Å². The fourth-order valence-corrected chi connectivity index (χ4v) is 3.14. The van der Waals surface area contributed by atoms with Crippen LogP contribution >= 0.6 is 38.9 Å². The maximum atomic E-state index is 5.85. The summed E-state index contributed by atoms with van der Waals surface area (Å²) in [5, 5.41) is 4.59. The molecule has 0 aliphatic heterocycles. The fraction of sp³-hybridized carbons (Fsp3) is 0. The summed E-state index contributed by atoms with van der Waals surface area (Å²) in [6.45, 7) is 0. The van der Waals surface area contributed by atoms with Crippen LogP contribution in [-0.4, -0.2) is 9.97 Å². The van der Waals surface area contributed by atoms with Gasteiger partial charge < -0.3 is 5.32 Å². The molecule has 2 aromatic heterocycles. The normalized spacial score (nSPS) is 10.8. The minimum Gasteiger partial charge on any atom is -0.315 e. The molecular formula is C12H7BrClN3S. The number of rotatable bonds is 2. The Morgan fingerprint density at radius 3 is 2.89 bits per heavy atom. The second-order valence-electron chi connectivity index (χ2n) is 3.60. The second-order valence-corrected chi connectivity index (χ2v) is 5.92. The van der Waals surface area contributed by atoms with Crippen LogP contribution in [0.25, 0.3) is 10.2 Å². The zero-order chi connectivity index (χ0) is 12.5. The monoisotopic (exact) mass is 339 g/mol. The summed E-state index contributed by atoms with van der Waals surface area (Å²) in [6.07, 6.45) is 1.60. The summed E-state index contributed by atoms with van der Waals surface area (Å²) in [6, 6.07) is 9.80. The van der Waals surface area contributed by atoms with Gasteiger partial charge in [0.1, 0.15) is 5.82 Å². The first-order valence-electron chi connectivity index (χ1n) is 5.16. The van der Waals surface area contributed by atoms with Crippen LogP contribution in [0.2, 0.25) is 5.02 Å². The molecule has 0 fully saturated rings. The largest absolute Gasteiger partial charge is 0.315 e. The molecule has 18 heavy (non-hydrogen) atoms. The zero-order valence-electron chi connectivity index (χ0n) is 9.02. The minimum absolute atomic E-state index is 0.594. The van der Waals surface area contributed by atoms with Crippen molar-refractivity contribution in [3.63, 3.8) is 0 Å². The summed E-state index contributed by atoms with van der Waals surface area (Å²) in [4.78, 5) is 8.71. The Labute approximate surface area is 121 Å². The van der Waals surface area contributed by atoms with Gasteiger partial charge in [-0.1, -0.05) is 35.1 Å². The van der Waals surface area contributed by atoms with Crippen molar-refractivity contribution in [2.75, 3.05) is 5.32 Å². The number of para-hydroxylation sites is 1. The number of pyridine rings is 1. The lowest BCUT2D eigenvalue weighted by molar-refractivity contribution is 1.28. The van der Waals surface area contributed by atoms with Gasteiger partial charge in [0, 0.05) is 6.20 Å². The molecule has 90 valence electrons. The van der Waals surface area contributed by atoms with E-state index in [1.54, 1.807) is 23.6 Å². The van der Waals surface area contributed by atoms with Crippen LogP contribution < -0.4 is 5.32 Å². The molecule has 0 radical (unpaired) electrons. The van der Waals surface area contributed by atoms with Crippen molar-refractivity contribution in [2.24, 2.45) is 0 Å². The second kappa shape index (κ2) is 4.84. The number of fused-ring (bicyclic) bond motifs is 1. The van der Waals surface area contributed by atoms with E-state index in [0.717, 1.165) is 19.8 Å². The Hall–Kier alpha value is -1.17. The Morgan fingerprint density at radius 1 is 1.28 bits per heavy atom. The lowest BCUT2D eigenvalue weighted by atomic mass is 10.3. The smallest absolute Gasteiger partial charge is 0.189 e. The van der Waals surface area contributed by atoms with Crippen LogP contribution in [0.5, 0.6) is 0 Å². The van der Waals surface area contributed by atoms with Crippen molar-refractivity contribution in [1.29, 1.82) is 0 Å². The van der Waals surface area contributed by atoms with Crippen molar-refractivity contribution in [2.45, 2.75) is 0 Å². The van der Waals surface area contributed by atoms with E-state index in [-0.39, 0.29) is 0 Å². The minimum atomic E-state index is 0.594. The SMILES string of the molecule is Clc1cnc(Nc2nc3ccccc3s2)c(Br)c1. The predicted molar refractivity (Wildman–Crippen MR) is 79.8 cm³/mol. The quantitative estimate of drug-likeness (QED) is 0.724. The highest BCUT2D eigenvalue weighted by atomic mass is 79.9. The molecule has 0 amide bonds. The van der Waals surface area contributed by atoms with E-state index in [1.807, 2.05) is 24.3 Å². The predicted octanol–water partition coefficient (Wildman–Crippen LogP) is 4.85. The van der Waals surface area contributed by atoms with Crippen molar-refractivity contribution >= 4 is 60.0 Å². The number of hydrogen-bond donors (Lipinski definition) is 1. The van der Waals surface area contributed by atoms with Crippen molar-refractivity contribution in [1.82, 2.24) is 9.97 Å². The molecule has 1 N–H and O–H groups in total. The van der Waals surface area contributed by atoms with Gasteiger partial charge in [0.05, 0.1) is 19.7 Å². The van der Waals surface area contributed by atoms with Crippen LogP contribution in [0.4, 0.5) is 10.9 Å². The number of halogens is 2. The van der Waals surface area contributed by atoms with Gasteiger partial charge >= 0.3 is 0 Å². The molecule has 0 spiro atoms. The van der Waals surface area contributed by atoms with E-state index in [1.165, 1.54) is 0 Å². The molecule has 0 aliphatic rings. The van der Waals surface area contributed by atoms with Gasteiger partial charge in [-0.3, -0.25) is 0 Å². The summed E-state index contributed by atoms with van der Waals surface area (Å²) in [5.74, 6) is 0.707. The Balaban J connectivity index is 1.96. The van der Waals surface area contributed by atoms with E-state index in [0.29, 0.717) is 10.8 Å². The number of anilines is 2. The molecule has 1 aromatic carbocycles. The maximum absolute atomic E-state index is 5.85. The molecule has 0 aliphatic carbocycles. The Morgan fingerprint density at radius 2 is 2.11 bits per heavy atom. The van der Waals surface area contributed by atoms with E-state index < -0.39 is 0 Å². The van der Waals surface area contributed by atoms with E-state index >= 15 is 0 Å². The first kappa shape index (κ1) is 11.9. The van der Waals surface area contributed by atoms with Gasteiger partial charge in [0.2, 0.25) is 0 Å². The lowest BCUT2D eigenvalue weighted by Gasteiger charge is -2.03. The van der Waals surface area contributed by atoms with Crippen LogP contribution in [0.1, 0.15) is 0 Å². The highest BCUT2D eigenvalue weighted by Gasteiger charge is 2.07. The Kier molecular flexibility index (Phi) is 3.20. The van der Waals surface area contributed by atoms with Crippen molar-refractivity contribution in [3.8, 4) is 0 Å². The van der Waals surface area contributed by atoms with Gasteiger partial charge in [-0.05, 0) is 34.1 Å². The zero-order valence-corrected chi connectivity index (χ0v) is 12.2. The molecule has 6 heteroatoms. The summed E-state index contributed by atoms with van der Waals surface area (Å²) in [5.41, 5.74) is 0.982. The molecule has 0 atom stereocenters. The summed E-state index contributed by atoms with van der Waals surface area (Å²) >= 11 is 10.9. The number of nitrogens with one attached hydrogen (secondary N) is 1. The molecule has 3 rings (SSSR count). The van der Waals surface area contributed by atoms with Crippen molar-refractivity contribution in [3.05, 3.63) is 46.0 Å². The van der Waals surface area contributed by atoms with Crippen LogP contribution in [0, 0.1) is 0 Å². The molecule has 0 unspecified atom stereocenters. The third kappa shape index (κ3) is 2.34. The van der Waals surface area contributed by atoms with E-state index in [2.05, 4.69) is 31.2 Å². The summed E-state index contributed by atoms with van der Waals surface area (Å²) < 4.78 is 1.96. The highest BCUT2D eigenvalue weighted by molar-refractivity contribution is 9.10. The molecule has 2 heterocycles. The van der Waals surface area contributed by atoms with Gasteiger partial charge in [-0.15, -0.1) is 0 Å². The first-order valence-corrected chi connectivity index (χ1v) is 7.15. The maximum Gasteiger partial charge on any atom is 0.189 e. The average molecular weight is 341 g/mol. The van der Waals surface area contributed by atoms with Gasteiger partial charge in [0.15, 0.2) is 5.13 Å². The fourth-order valence-electron chi connectivity index (χ4n) is 1.53. The average Bonchev–Trinajstić information content (AvgIpc) is 2.75. The van der Waals surface area contributed by atoms with E-state index in [9.17, 15) is 0 Å². The van der Waals surface area contributed by atoms with Gasteiger partial charge in [-0.25, -0.2) is 9.97 Å². The number of thiazole rings is 1. The number of aromatic nitrogens is 2.